The van der Waals surface area contributed by atoms with Gasteiger partial charge in [-0.15, -0.1) is 11.6 Å². The molecule has 23 heavy (non-hydrogen) atoms. The fraction of sp³-hybridized carbons (Fsp3) is 0.471. The minimum atomic E-state index is -0.906. The number of aliphatic hydroxyl groups is 1. The average Bonchev–Trinajstić information content (AvgIpc) is 2.83. The fourth-order valence-corrected chi connectivity index (χ4v) is 3.25. The van der Waals surface area contributed by atoms with Gasteiger partial charge in [0.1, 0.15) is 28.9 Å². The maximum Gasteiger partial charge on any atom is 0.156 e. The van der Waals surface area contributed by atoms with Crippen molar-refractivity contribution in [3.63, 3.8) is 0 Å². The van der Waals surface area contributed by atoms with Crippen molar-refractivity contribution >= 4 is 23.1 Å². The van der Waals surface area contributed by atoms with Gasteiger partial charge in [-0.3, -0.25) is 9.79 Å². The van der Waals surface area contributed by atoms with Gasteiger partial charge in [-0.2, -0.15) is 5.26 Å². The van der Waals surface area contributed by atoms with Gasteiger partial charge in [0, 0.05) is 17.7 Å². The van der Waals surface area contributed by atoms with Crippen molar-refractivity contribution < 1.29 is 14.6 Å². The third-order valence-corrected chi connectivity index (χ3v) is 4.84. The molecule has 0 bridgehead atoms. The van der Waals surface area contributed by atoms with Crippen LogP contribution in [0.4, 0.5) is 0 Å². The second kappa shape index (κ2) is 5.63. The van der Waals surface area contributed by atoms with E-state index >= 15 is 0 Å². The maximum atomic E-state index is 11.6. The quantitative estimate of drug-likeness (QED) is 0.801. The maximum absolute atomic E-state index is 11.6. The number of carbonyl (C=O) groups excluding carboxylic acids is 1. The first-order valence-electron chi connectivity index (χ1n) is 7.48. The summed E-state index contributed by atoms with van der Waals surface area (Å²) in [5.41, 5.74) is 0.869. The predicted molar refractivity (Wildman–Crippen MR) is 85.9 cm³/mol. The normalized spacial score (nSPS) is 30.7. The SMILES string of the molecule is CC1(C)Oc2ccc(C#N)cc2[C@H](N=C2CCC(=O)C2Cl)[C@H]1O. The van der Waals surface area contributed by atoms with Gasteiger partial charge in [0.15, 0.2) is 5.78 Å². The van der Waals surface area contributed by atoms with E-state index in [1.165, 1.54) is 0 Å². The molecular weight excluding hydrogens is 316 g/mol. The zero-order valence-corrected chi connectivity index (χ0v) is 13.7. The molecule has 1 aromatic carbocycles. The number of nitrogens with zero attached hydrogens (tertiary/aromatic N) is 2. The molecule has 5 nitrogen and oxygen atoms in total. The van der Waals surface area contributed by atoms with E-state index in [0.29, 0.717) is 35.4 Å². The summed E-state index contributed by atoms with van der Waals surface area (Å²) in [6, 6.07) is 6.52. The number of carbonyl (C=O) groups is 1. The van der Waals surface area contributed by atoms with Gasteiger partial charge in [0.25, 0.3) is 0 Å². The molecule has 0 saturated heterocycles. The predicted octanol–water partition coefficient (Wildman–Crippen LogP) is 2.54. The van der Waals surface area contributed by atoms with Crippen molar-refractivity contribution in [2.45, 2.75) is 49.8 Å². The Labute approximate surface area is 139 Å². The van der Waals surface area contributed by atoms with Gasteiger partial charge in [0.2, 0.25) is 0 Å². The molecule has 2 aliphatic rings. The third kappa shape index (κ3) is 2.73. The number of halogens is 1. The number of nitriles is 1. The molecule has 3 atom stereocenters. The number of aliphatic imine (C=N–C) groups is 1. The first-order valence-corrected chi connectivity index (χ1v) is 7.91. The van der Waals surface area contributed by atoms with Crippen LogP contribution in [-0.4, -0.2) is 33.7 Å². The van der Waals surface area contributed by atoms with Gasteiger partial charge in [0.05, 0.1) is 11.6 Å². The summed E-state index contributed by atoms with van der Waals surface area (Å²) in [6.45, 7) is 3.56. The smallest absolute Gasteiger partial charge is 0.156 e. The third-order valence-electron chi connectivity index (χ3n) is 4.35. The Morgan fingerprint density at radius 1 is 1.43 bits per heavy atom. The summed E-state index contributed by atoms with van der Waals surface area (Å²) in [7, 11) is 0. The molecule has 120 valence electrons. The minimum Gasteiger partial charge on any atom is -0.485 e. The van der Waals surface area contributed by atoms with Crippen molar-refractivity contribution in [3.05, 3.63) is 29.3 Å². The number of rotatable bonds is 1. The molecule has 1 aliphatic carbocycles. The second-order valence-electron chi connectivity index (χ2n) is 6.41. The van der Waals surface area contributed by atoms with Crippen molar-refractivity contribution in [1.29, 1.82) is 5.26 Å². The number of Topliss-reactive ketones (excluding diaryl/α,β-unsaturated/α-hetero) is 1. The van der Waals surface area contributed by atoms with Gasteiger partial charge in [-0.05, 0) is 38.5 Å². The summed E-state index contributed by atoms with van der Waals surface area (Å²) >= 11 is 6.11. The molecular formula is C17H17ClN2O3. The number of aliphatic hydroxyl groups excluding tert-OH is 1. The van der Waals surface area contributed by atoms with Crippen LogP contribution in [0.5, 0.6) is 5.75 Å². The molecule has 1 aliphatic heterocycles. The molecule has 1 N–H and O–H groups in total. The first-order chi connectivity index (χ1) is 10.8. The highest BCUT2D eigenvalue weighted by Crippen LogP contribution is 2.42. The van der Waals surface area contributed by atoms with Gasteiger partial charge in [-0.1, -0.05) is 0 Å². The Kier molecular flexibility index (Phi) is 3.91. The van der Waals surface area contributed by atoms with Crippen LogP contribution in [0.15, 0.2) is 23.2 Å². The zero-order chi connectivity index (χ0) is 16.8. The Bertz CT molecular complexity index is 736. The summed E-state index contributed by atoms with van der Waals surface area (Å²) in [5.74, 6) is 0.543. The lowest BCUT2D eigenvalue weighted by atomic mass is 9.86. The lowest BCUT2D eigenvalue weighted by Gasteiger charge is -2.40. The van der Waals surface area contributed by atoms with Crippen LogP contribution in [0.2, 0.25) is 0 Å². The largest absolute Gasteiger partial charge is 0.485 e. The van der Waals surface area contributed by atoms with Crippen LogP contribution in [0.25, 0.3) is 0 Å². The number of hydrogen-bond acceptors (Lipinski definition) is 5. The van der Waals surface area contributed by atoms with Crippen molar-refractivity contribution in [1.82, 2.24) is 0 Å². The highest BCUT2D eigenvalue weighted by atomic mass is 35.5. The molecule has 1 fully saturated rings. The Morgan fingerprint density at radius 3 is 2.78 bits per heavy atom. The van der Waals surface area contributed by atoms with Crippen LogP contribution >= 0.6 is 11.6 Å². The Balaban J connectivity index is 2.09. The number of hydrogen-bond donors (Lipinski definition) is 1. The highest BCUT2D eigenvalue weighted by Gasteiger charge is 2.44. The molecule has 0 radical (unpaired) electrons. The van der Waals surface area contributed by atoms with E-state index in [0.717, 1.165) is 0 Å². The van der Waals surface area contributed by atoms with Gasteiger partial charge >= 0.3 is 0 Å². The molecule has 0 aromatic heterocycles. The number of ketones is 1. The molecule has 1 unspecified atom stereocenters. The minimum absolute atomic E-state index is 0.0442. The van der Waals surface area contributed by atoms with Crippen molar-refractivity contribution in [2.75, 3.05) is 0 Å². The summed E-state index contributed by atoms with van der Waals surface area (Å²) < 4.78 is 5.85. The second-order valence-corrected chi connectivity index (χ2v) is 6.85. The van der Waals surface area contributed by atoms with Crippen LogP contribution < -0.4 is 4.74 Å². The van der Waals surface area contributed by atoms with Crippen LogP contribution in [0.3, 0.4) is 0 Å². The fourth-order valence-electron chi connectivity index (χ4n) is 2.98. The van der Waals surface area contributed by atoms with Crippen molar-refractivity contribution in [3.8, 4) is 11.8 Å². The monoisotopic (exact) mass is 332 g/mol. The Hall–Kier alpha value is -1.90. The topological polar surface area (TPSA) is 82.7 Å². The molecule has 1 saturated carbocycles. The van der Waals surface area contributed by atoms with E-state index in [1.54, 1.807) is 32.0 Å². The molecule has 1 heterocycles. The van der Waals surface area contributed by atoms with Crippen LogP contribution in [0.1, 0.15) is 43.9 Å². The van der Waals surface area contributed by atoms with Crippen LogP contribution in [0, 0.1) is 11.3 Å². The average molecular weight is 333 g/mol. The first kappa shape index (κ1) is 16.0. The number of benzene rings is 1. The standard InChI is InChI=1S/C17H17ClN2O3/c1-17(2)16(22)15(20-11-4-5-12(21)14(11)18)10-7-9(8-19)3-6-13(10)23-17/h3,6-7,14-16,22H,4-5H2,1-2H3/t14?,15-,16+/m0/s1. The van der Waals surface area contributed by atoms with Gasteiger partial charge in [-0.25, -0.2) is 0 Å². The molecule has 3 rings (SSSR count). The van der Waals surface area contributed by atoms with E-state index in [1.807, 2.05) is 0 Å². The van der Waals surface area contributed by atoms with Crippen LogP contribution in [-0.2, 0) is 4.79 Å². The summed E-state index contributed by atoms with van der Waals surface area (Å²) in [4.78, 5) is 16.2. The lowest BCUT2D eigenvalue weighted by Crippen LogP contribution is -2.48. The van der Waals surface area contributed by atoms with E-state index in [2.05, 4.69) is 11.1 Å². The lowest BCUT2D eigenvalue weighted by molar-refractivity contribution is -0.116. The summed E-state index contributed by atoms with van der Waals surface area (Å²) in [6.07, 6.45) is -0.0259. The van der Waals surface area contributed by atoms with E-state index in [-0.39, 0.29) is 5.78 Å². The molecule has 0 amide bonds. The number of alkyl halides is 1. The number of fused-ring (bicyclic) bond motifs is 1. The highest BCUT2D eigenvalue weighted by molar-refractivity contribution is 6.45. The number of ether oxygens (including phenoxy) is 1. The van der Waals surface area contributed by atoms with Gasteiger partial charge < -0.3 is 9.84 Å². The van der Waals surface area contributed by atoms with E-state index < -0.39 is 23.1 Å². The molecule has 6 heteroatoms. The zero-order valence-electron chi connectivity index (χ0n) is 12.9. The van der Waals surface area contributed by atoms with E-state index in [4.69, 9.17) is 21.6 Å². The Morgan fingerprint density at radius 2 is 2.17 bits per heavy atom. The molecule has 1 aromatic rings. The molecule has 0 spiro atoms. The summed E-state index contributed by atoms with van der Waals surface area (Å²) in [5, 5.41) is 19.1. The van der Waals surface area contributed by atoms with Crippen molar-refractivity contribution in [2.24, 2.45) is 4.99 Å². The van der Waals surface area contributed by atoms with E-state index in [9.17, 15) is 9.90 Å².